The monoisotopic (exact) mass is 526 g/mol. The summed E-state index contributed by atoms with van der Waals surface area (Å²) in [5.41, 5.74) is 1.08. The van der Waals surface area contributed by atoms with Crippen LogP contribution in [-0.4, -0.2) is 25.3 Å². The summed E-state index contributed by atoms with van der Waals surface area (Å²) < 4.78 is 60.7. The average molecular weight is 527 g/mol. The first-order valence-electron chi connectivity index (χ1n) is 13.3. The molecule has 0 N–H and O–H groups in total. The van der Waals surface area contributed by atoms with Crippen LogP contribution in [0.3, 0.4) is 0 Å². The van der Waals surface area contributed by atoms with Crippen LogP contribution in [0.4, 0.5) is 13.2 Å². The molecule has 202 valence electrons. The van der Waals surface area contributed by atoms with Gasteiger partial charge in [-0.05, 0) is 80.3 Å². The summed E-state index contributed by atoms with van der Waals surface area (Å²) in [5, 5.41) is 0. The molecule has 1 aliphatic carbocycles. The first-order chi connectivity index (χ1) is 18.4. The van der Waals surface area contributed by atoms with Gasteiger partial charge < -0.3 is 14.2 Å². The van der Waals surface area contributed by atoms with Gasteiger partial charge in [0.2, 0.25) is 0 Å². The van der Waals surface area contributed by atoms with Gasteiger partial charge in [-0.3, -0.25) is 0 Å². The van der Waals surface area contributed by atoms with E-state index in [2.05, 4.69) is 6.92 Å². The summed E-state index contributed by atoms with van der Waals surface area (Å²) in [5.74, 6) is -3.16. The van der Waals surface area contributed by atoms with E-state index in [9.17, 15) is 9.18 Å². The molecule has 4 rings (SSSR count). The number of carbonyl (C=O) groups excluding carboxylic acids is 1. The highest BCUT2D eigenvalue weighted by Crippen LogP contribution is 2.38. The standard InChI is InChI=1S/C31H33F3O4/c1-3-5-18-37-23-12-10-21(11-13-23)26-16-15-25(29(33)30(26)34)20-6-8-22(9-7-20)31(35)38-28-17-14-24(36-4-2)19-27(28)32/h6-9,14-17,19,21,23H,3-5,10-13,18H2,1-2H3. The smallest absolute Gasteiger partial charge is 0.343 e. The van der Waals surface area contributed by atoms with Gasteiger partial charge in [-0.25, -0.2) is 18.0 Å². The minimum Gasteiger partial charge on any atom is -0.494 e. The van der Waals surface area contributed by atoms with Gasteiger partial charge in [0, 0.05) is 18.2 Å². The van der Waals surface area contributed by atoms with Crippen LogP contribution in [0.2, 0.25) is 0 Å². The van der Waals surface area contributed by atoms with E-state index in [1.165, 1.54) is 36.4 Å². The molecule has 1 aliphatic rings. The van der Waals surface area contributed by atoms with E-state index in [0.29, 0.717) is 23.5 Å². The van der Waals surface area contributed by atoms with Crippen molar-refractivity contribution in [1.82, 2.24) is 0 Å². The van der Waals surface area contributed by atoms with Crippen LogP contribution in [0.1, 0.15) is 74.2 Å². The minimum absolute atomic E-state index is 0.0373. The summed E-state index contributed by atoms with van der Waals surface area (Å²) in [6.07, 6.45) is 5.52. The molecular weight excluding hydrogens is 493 g/mol. The van der Waals surface area contributed by atoms with Crippen molar-refractivity contribution in [3.05, 3.63) is 83.2 Å². The van der Waals surface area contributed by atoms with E-state index in [1.54, 1.807) is 19.1 Å². The second-order valence-electron chi connectivity index (χ2n) is 9.52. The van der Waals surface area contributed by atoms with Gasteiger partial charge in [-0.1, -0.05) is 37.6 Å². The maximum absolute atomic E-state index is 15.1. The fourth-order valence-corrected chi connectivity index (χ4v) is 4.80. The SMILES string of the molecule is CCCCOC1CCC(c2ccc(-c3ccc(C(=O)Oc4ccc(OCC)cc4F)cc3)c(F)c2F)CC1. The molecule has 0 aliphatic heterocycles. The van der Waals surface area contributed by atoms with E-state index in [-0.39, 0.29) is 28.9 Å². The molecule has 1 saturated carbocycles. The third-order valence-electron chi connectivity index (χ3n) is 6.93. The average Bonchev–Trinajstić information content (AvgIpc) is 2.93. The Labute approximate surface area is 221 Å². The van der Waals surface area contributed by atoms with E-state index in [1.807, 2.05) is 0 Å². The van der Waals surface area contributed by atoms with Gasteiger partial charge in [0.1, 0.15) is 5.75 Å². The van der Waals surface area contributed by atoms with Crippen molar-refractivity contribution in [2.75, 3.05) is 13.2 Å². The predicted molar refractivity (Wildman–Crippen MR) is 140 cm³/mol. The molecule has 0 heterocycles. The van der Waals surface area contributed by atoms with Gasteiger partial charge in [-0.2, -0.15) is 0 Å². The highest BCUT2D eigenvalue weighted by molar-refractivity contribution is 5.91. The lowest BCUT2D eigenvalue weighted by molar-refractivity contribution is 0.0230. The Morgan fingerprint density at radius 3 is 2.29 bits per heavy atom. The number of unbranched alkanes of at least 4 members (excludes halogenated alkanes) is 1. The lowest BCUT2D eigenvalue weighted by atomic mass is 9.82. The highest BCUT2D eigenvalue weighted by atomic mass is 19.2. The van der Waals surface area contributed by atoms with Gasteiger partial charge in [0.25, 0.3) is 0 Å². The summed E-state index contributed by atoms with van der Waals surface area (Å²) >= 11 is 0. The largest absolute Gasteiger partial charge is 0.494 e. The Balaban J connectivity index is 1.41. The molecule has 1 fully saturated rings. The first kappa shape index (κ1) is 27.7. The molecule has 0 amide bonds. The summed E-state index contributed by atoms with van der Waals surface area (Å²) in [4.78, 5) is 12.5. The summed E-state index contributed by atoms with van der Waals surface area (Å²) in [6.45, 7) is 5.03. The molecule has 7 heteroatoms. The third kappa shape index (κ3) is 6.57. The molecule has 0 bridgehead atoms. The Morgan fingerprint density at radius 2 is 1.63 bits per heavy atom. The number of ether oxygens (including phenoxy) is 3. The van der Waals surface area contributed by atoms with E-state index in [4.69, 9.17) is 14.2 Å². The van der Waals surface area contributed by atoms with Crippen LogP contribution >= 0.6 is 0 Å². The number of esters is 1. The van der Waals surface area contributed by atoms with Crippen LogP contribution in [0.25, 0.3) is 11.1 Å². The van der Waals surface area contributed by atoms with Crippen molar-refractivity contribution in [2.45, 2.75) is 64.4 Å². The quantitative estimate of drug-likeness (QED) is 0.152. The Morgan fingerprint density at radius 1 is 0.895 bits per heavy atom. The maximum atomic E-state index is 15.1. The second-order valence-corrected chi connectivity index (χ2v) is 9.52. The van der Waals surface area contributed by atoms with Crippen LogP contribution in [-0.2, 0) is 4.74 Å². The Kier molecular flexibility index (Phi) is 9.45. The minimum atomic E-state index is -0.907. The molecule has 3 aromatic rings. The second kappa shape index (κ2) is 13.0. The van der Waals surface area contributed by atoms with Crippen LogP contribution in [0, 0.1) is 17.5 Å². The number of carbonyl (C=O) groups is 1. The first-order valence-corrected chi connectivity index (χ1v) is 13.3. The van der Waals surface area contributed by atoms with Crippen molar-refractivity contribution in [3.8, 4) is 22.6 Å². The molecule has 0 saturated heterocycles. The van der Waals surface area contributed by atoms with Crippen molar-refractivity contribution >= 4 is 5.97 Å². The van der Waals surface area contributed by atoms with E-state index < -0.39 is 23.4 Å². The molecule has 4 nitrogen and oxygen atoms in total. The zero-order valence-electron chi connectivity index (χ0n) is 21.8. The van der Waals surface area contributed by atoms with Crippen LogP contribution in [0.15, 0.2) is 54.6 Å². The van der Waals surface area contributed by atoms with Gasteiger partial charge in [0.05, 0.1) is 18.3 Å². The molecule has 0 unspecified atom stereocenters. The van der Waals surface area contributed by atoms with Crippen LogP contribution in [0.5, 0.6) is 11.5 Å². The molecule has 38 heavy (non-hydrogen) atoms. The van der Waals surface area contributed by atoms with Crippen molar-refractivity contribution in [1.29, 1.82) is 0 Å². The fourth-order valence-electron chi connectivity index (χ4n) is 4.80. The predicted octanol–water partition coefficient (Wildman–Crippen LogP) is 8.23. The normalized spacial score (nSPS) is 17.3. The molecular formula is C31H33F3O4. The number of rotatable bonds is 10. The summed E-state index contributed by atoms with van der Waals surface area (Å²) in [7, 11) is 0. The lowest BCUT2D eigenvalue weighted by Gasteiger charge is -2.29. The topological polar surface area (TPSA) is 44.8 Å². The van der Waals surface area contributed by atoms with Crippen LogP contribution < -0.4 is 9.47 Å². The van der Waals surface area contributed by atoms with Crippen molar-refractivity contribution < 1.29 is 32.2 Å². The molecule has 3 aromatic carbocycles. The van der Waals surface area contributed by atoms with E-state index >= 15 is 8.78 Å². The van der Waals surface area contributed by atoms with Crippen molar-refractivity contribution in [2.24, 2.45) is 0 Å². The third-order valence-corrected chi connectivity index (χ3v) is 6.93. The molecule has 0 aromatic heterocycles. The molecule has 0 atom stereocenters. The zero-order chi connectivity index (χ0) is 27.1. The van der Waals surface area contributed by atoms with E-state index in [0.717, 1.165) is 51.2 Å². The zero-order valence-corrected chi connectivity index (χ0v) is 21.8. The van der Waals surface area contributed by atoms with Gasteiger partial charge >= 0.3 is 5.97 Å². The lowest BCUT2D eigenvalue weighted by Crippen LogP contribution is -2.22. The number of benzene rings is 3. The van der Waals surface area contributed by atoms with Crippen molar-refractivity contribution in [3.63, 3.8) is 0 Å². The molecule has 0 radical (unpaired) electrons. The number of hydrogen-bond acceptors (Lipinski definition) is 4. The van der Waals surface area contributed by atoms with Gasteiger partial charge in [-0.15, -0.1) is 0 Å². The number of hydrogen-bond donors (Lipinski definition) is 0. The Bertz CT molecular complexity index is 1230. The maximum Gasteiger partial charge on any atom is 0.343 e. The highest BCUT2D eigenvalue weighted by Gasteiger charge is 2.27. The fraction of sp³-hybridized carbons (Fsp3) is 0.387. The Hall–Kier alpha value is -3.32. The number of halogens is 3. The summed E-state index contributed by atoms with van der Waals surface area (Å²) in [6, 6.07) is 13.1. The van der Waals surface area contributed by atoms with Gasteiger partial charge in [0.15, 0.2) is 23.2 Å². The molecule has 0 spiro atoms.